The average Bonchev–Trinajstić information content (AvgIpc) is 2.84. The SMILES string of the molecule is C#CC1(F)[C@@H](O)[C@@H]([C@H](C)OP(=O)(O)OP(=O)(O)OP(=O)(O)O)O[C@H]1n1cnc(N)nc1=O. The van der Waals surface area contributed by atoms with Crippen LogP contribution >= 0.6 is 23.5 Å². The lowest BCUT2D eigenvalue weighted by Gasteiger charge is -2.25. The molecule has 0 radical (unpaired) electrons. The Morgan fingerprint density at radius 3 is 2.41 bits per heavy atom. The number of halogens is 1. The molecular weight excluding hydrogens is 508 g/mol. The molecule has 7 N–H and O–H groups in total. The Bertz CT molecular complexity index is 1120. The number of aliphatic hydroxyl groups is 1. The molecule has 32 heavy (non-hydrogen) atoms. The maximum atomic E-state index is 15.3. The summed E-state index contributed by atoms with van der Waals surface area (Å²) < 4.78 is 66.5. The van der Waals surface area contributed by atoms with Crippen molar-refractivity contribution in [3.63, 3.8) is 0 Å². The highest BCUT2D eigenvalue weighted by Crippen LogP contribution is 2.66. The Morgan fingerprint density at radius 2 is 1.91 bits per heavy atom. The van der Waals surface area contributed by atoms with E-state index in [0.29, 0.717) is 10.9 Å². The summed E-state index contributed by atoms with van der Waals surface area (Å²) in [4.78, 5) is 54.5. The normalized spacial score (nSPS) is 30.8. The number of aromatic nitrogens is 3. The van der Waals surface area contributed by atoms with Gasteiger partial charge in [-0.05, 0) is 6.92 Å². The summed E-state index contributed by atoms with van der Waals surface area (Å²) in [5.74, 6) is 1.13. The molecule has 7 atom stereocenters. The minimum atomic E-state index is -5.83. The fourth-order valence-corrected chi connectivity index (χ4v) is 5.78. The van der Waals surface area contributed by atoms with Crippen molar-refractivity contribution in [3.05, 3.63) is 16.8 Å². The predicted molar refractivity (Wildman–Crippen MR) is 97.7 cm³/mol. The summed E-state index contributed by atoms with van der Waals surface area (Å²) in [5.41, 5.74) is 0.936. The van der Waals surface area contributed by atoms with E-state index in [1.165, 1.54) is 0 Å². The Kier molecular flexibility index (Phi) is 7.50. The average molecular weight is 524 g/mol. The smallest absolute Gasteiger partial charge is 0.386 e. The van der Waals surface area contributed by atoms with Crippen LogP contribution in [0.15, 0.2) is 11.1 Å². The molecule has 21 heteroatoms. The zero-order valence-electron chi connectivity index (χ0n) is 15.6. The van der Waals surface area contributed by atoms with Gasteiger partial charge in [-0.3, -0.25) is 9.09 Å². The van der Waals surface area contributed by atoms with Gasteiger partial charge in [0.2, 0.25) is 11.6 Å². The lowest BCUT2D eigenvalue weighted by atomic mass is 9.95. The van der Waals surface area contributed by atoms with Gasteiger partial charge in [0, 0.05) is 0 Å². The zero-order valence-corrected chi connectivity index (χ0v) is 18.3. The zero-order chi connectivity index (χ0) is 24.7. The third kappa shape index (κ3) is 6.06. The summed E-state index contributed by atoms with van der Waals surface area (Å²) >= 11 is 0. The molecule has 1 aromatic rings. The van der Waals surface area contributed by atoms with Crippen molar-refractivity contribution in [1.82, 2.24) is 14.5 Å². The Balaban J connectivity index is 2.27. The molecule has 0 saturated carbocycles. The highest BCUT2D eigenvalue weighted by atomic mass is 31.3. The second-order valence-electron chi connectivity index (χ2n) is 6.12. The van der Waals surface area contributed by atoms with Gasteiger partial charge in [-0.1, -0.05) is 5.92 Å². The molecule has 3 unspecified atom stereocenters. The van der Waals surface area contributed by atoms with Crippen molar-refractivity contribution in [2.45, 2.75) is 37.1 Å². The van der Waals surface area contributed by atoms with Crippen LogP contribution < -0.4 is 11.4 Å². The van der Waals surface area contributed by atoms with Crippen molar-refractivity contribution < 1.29 is 60.6 Å². The van der Waals surface area contributed by atoms with Crippen LogP contribution in [0.1, 0.15) is 13.2 Å². The first-order valence-corrected chi connectivity index (χ1v) is 12.5. The van der Waals surface area contributed by atoms with Crippen molar-refractivity contribution in [3.8, 4) is 12.3 Å². The van der Waals surface area contributed by atoms with Gasteiger partial charge in [-0.25, -0.2) is 27.9 Å². The van der Waals surface area contributed by atoms with Gasteiger partial charge in [0.1, 0.15) is 18.5 Å². The van der Waals surface area contributed by atoms with E-state index in [4.69, 9.17) is 31.6 Å². The fourth-order valence-electron chi connectivity index (χ4n) is 2.58. The number of phosphoric ester groups is 1. The quantitative estimate of drug-likeness (QED) is 0.168. The van der Waals surface area contributed by atoms with E-state index in [-0.39, 0.29) is 0 Å². The molecule has 1 aliphatic heterocycles. The van der Waals surface area contributed by atoms with Gasteiger partial charge in [0.15, 0.2) is 6.23 Å². The number of nitrogens with two attached hydrogens (primary N) is 1. The van der Waals surface area contributed by atoms with Crippen LogP contribution in [-0.2, 0) is 31.6 Å². The molecule has 1 aromatic heterocycles. The van der Waals surface area contributed by atoms with Crippen LogP contribution in [0.2, 0.25) is 0 Å². The van der Waals surface area contributed by atoms with Gasteiger partial charge >= 0.3 is 29.2 Å². The van der Waals surface area contributed by atoms with Gasteiger partial charge in [-0.15, -0.1) is 6.42 Å². The van der Waals surface area contributed by atoms with E-state index in [2.05, 4.69) is 23.1 Å². The molecule has 0 amide bonds. The molecule has 0 spiro atoms. The fraction of sp³-hybridized carbons (Fsp3) is 0.545. The number of ether oxygens (including phenoxy) is 1. The van der Waals surface area contributed by atoms with Crippen LogP contribution in [0.5, 0.6) is 0 Å². The number of terminal acetylenes is 1. The van der Waals surface area contributed by atoms with E-state index in [9.17, 15) is 28.5 Å². The second kappa shape index (κ2) is 8.99. The molecule has 1 saturated heterocycles. The molecule has 1 aliphatic rings. The van der Waals surface area contributed by atoms with E-state index in [1.807, 2.05) is 0 Å². The predicted octanol–water partition coefficient (Wildman–Crippen LogP) is -1.45. The van der Waals surface area contributed by atoms with E-state index in [1.54, 1.807) is 5.92 Å². The third-order valence-electron chi connectivity index (χ3n) is 3.78. The number of alkyl halides is 1. The van der Waals surface area contributed by atoms with Crippen molar-refractivity contribution in [2.24, 2.45) is 0 Å². The lowest BCUT2D eigenvalue weighted by Crippen LogP contribution is -2.45. The summed E-state index contributed by atoms with van der Waals surface area (Å²) in [6.45, 7) is 0.911. The maximum Gasteiger partial charge on any atom is 0.490 e. The van der Waals surface area contributed by atoms with Crippen LogP contribution in [0, 0.1) is 12.3 Å². The topological polar surface area (TPSA) is 263 Å². The Labute approximate surface area is 177 Å². The molecule has 17 nitrogen and oxygen atoms in total. The summed E-state index contributed by atoms with van der Waals surface area (Å²) in [7, 11) is -17.1. The molecule has 0 aliphatic carbocycles. The highest BCUT2D eigenvalue weighted by molar-refractivity contribution is 7.66. The van der Waals surface area contributed by atoms with Crippen molar-refractivity contribution in [2.75, 3.05) is 5.73 Å². The molecule has 2 heterocycles. The van der Waals surface area contributed by atoms with Gasteiger partial charge in [0.05, 0.1) is 6.10 Å². The van der Waals surface area contributed by atoms with E-state index < -0.39 is 65.3 Å². The number of aliphatic hydroxyl groups excluding tert-OH is 1. The van der Waals surface area contributed by atoms with Crippen LogP contribution in [0.25, 0.3) is 0 Å². The van der Waals surface area contributed by atoms with Gasteiger partial charge < -0.3 is 35.2 Å². The summed E-state index contributed by atoms with van der Waals surface area (Å²) in [6.07, 6.45) is -2.26. The number of phosphoric acid groups is 3. The van der Waals surface area contributed by atoms with Crippen LogP contribution in [0.4, 0.5) is 10.3 Å². The van der Waals surface area contributed by atoms with Crippen LogP contribution in [0.3, 0.4) is 0 Å². The maximum absolute atomic E-state index is 15.3. The molecule has 2 rings (SSSR count). The third-order valence-corrected chi connectivity index (χ3v) is 7.71. The van der Waals surface area contributed by atoms with Crippen molar-refractivity contribution in [1.29, 1.82) is 0 Å². The monoisotopic (exact) mass is 524 g/mol. The second-order valence-corrected chi connectivity index (χ2v) is 10.5. The number of nitrogens with zero attached hydrogens (tertiary/aromatic N) is 3. The number of hydrogen-bond donors (Lipinski definition) is 6. The summed E-state index contributed by atoms with van der Waals surface area (Å²) in [5, 5.41) is 10.3. The van der Waals surface area contributed by atoms with E-state index >= 15 is 4.39 Å². The minimum absolute atomic E-state index is 0.441. The first-order chi connectivity index (χ1) is 14.4. The Morgan fingerprint density at radius 1 is 1.31 bits per heavy atom. The number of nitrogen functional groups attached to an aromatic ring is 1. The number of rotatable bonds is 8. The van der Waals surface area contributed by atoms with E-state index in [0.717, 1.165) is 6.92 Å². The van der Waals surface area contributed by atoms with Gasteiger partial charge in [0.25, 0.3) is 0 Å². The minimum Gasteiger partial charge on any atom is -0.386 e. The number of anilines is 1. The van der Waals surface area contributed by atoms with Crippen LogP contribution in [-0.4, -0.2) is 63.2 Å². The first-order valence-electron chi connectivity index (χ1n) is 7.94. The summed E-state index contributed by atoms with van der Waals surface area (Å²) in [6, 6.07) is 0. The first kappa shape index (κ1) is 26.7. The largest absolute Gasteiger partial charge is 0.490 e. The molecule has 1 fully saturated rings. The van der Waals surface area contributed by atoms with Gasteiger partial charge in [-0.2, -0.15) is 13.6 Å². The number of hydrogen-bond acceptors (Lipinski definition) is 12. The molecule has 180 valence electrons. The molecule has 0 aromatic carbocycles. The molecular formula is C11H16FN4O13P3. The van der Waals surface area contributed by atoms with Crippen molar-refractivity contribution >= 4 is 29.4 Å². The highest BCUT2D eigenvalue weighted by Gasteiger charge is 2.60. The lowest BCUT2D eigenvalue weighted by molar-refractivity contribution is -0.0784. The molecule has 0 bridgehead atoms. The Hall–Kier alpha value is -1.57. The standard InChI is InChI=1S/C11H16FN4O13P3/c1-3-11(12)7(17)6(26-8(11)16-4-14-9(13)15-10(16)18)5(2)27-31(22,23)29-32(24,25)28-30(19,20)21/h1,4-8,17H,2H3,(H,22,23)(H,24,25)(H2,13,15,18)(H2,19,20,21)/t5-,6+,7-,8+,11?/m0/s1.